The molecule has 7 heteroatoms. The third-order valence-electron chi connectivity index (χ3n) is 5.39. The molecule has 1 aromatic carbocycles. The molecule has 0 saturated carbocycles. The van der Waals surface area contributed by atoms with Crippen LogP contribution in [0.2, 0.25) is 0 Å². The van der Waals surface area contributed by atoms with Gasteiger partial charge in [-0.1, -0.05) is 44.2 Å². The molecule has 168 valence electrons. The number of hydrogen-bond donors (Lipinski definition) is 3. The van der Waals surface area contributed by atoms with Gasteiger partial charge in [0.05, 0.1) is 0 Å². The van der Waals surface area contributed by atoms with E-state index in [-0.39, 0.29) is 5.91 Å². The van der Waals surface area contributed by atoms with Crippen LogP contribution in [0.3, 0.4) is 0 Å². The summed E-state index contributed by atoms with van der Waals surface area (Å²) in [5, 5.41) is 9.62. The van der Waals surface area contributed by atoms with Gasteiger partial charge in [-0.05, 0) is 56.8 Å². The molecule has 7 nitrogen and oxygen atoms in total. The number of carbonyl (C=O) groups excluding carboxylic acids is 1. The Morgan fingerprint density at radius 1 is 1.10 bits per heavy atom. The Kier molecular flexibility index (Phi) is 9.09. The van der Waals surface area contributed by atoms with Crippen LogP contribution in [0, 0.1) is 5.92 Å². The first-order valence-electron chi connectivity index (χ1n) is 11.5. The third kappa shape index (κ3) is 7.83. The molecule has 0 unspecified atom stereocenters. The second-order valence-corrected chi connectivity index (χ2v) is 8.55. The van der Waals surface area contributed by atoms with Gasteiger partial charge in [0.25, 0.3) is 5.91 Å². The Morgan fingerprint density at radius 2 is 1.87 bits per heavy atom. The Bertz CT molecular complexity index is 805. The number of likely N-dealkylation sites (tertiary alicyclic amines) is 1. The first kappa shape index (κ1) is 23.0. The number of aromatic nitrogens is 2. The van der Waals surface area contributed by atoms with Crippen LogP contribution >= 0.6 is 0 Å². The minimum atomic E-state index is -0.150. The molecule has 1 fully saturated rings. The second kappa shape index (κ2) is 12.2. The van der Waals surface area contributed by atoms with Crippen molar-refractivity contribution in [1.82, 2.24) is 20.2 Å². The van der Waals surface area contributed by atoms with Crippen LogP contribution in [-0.2, 0) is 6.42 Å². The average Bonchev–Trinajstić information content (AvgIpc) is 3.29. The van der Waals surface area contributed by atoms with Crippen molar-refractivity contribution in [3.8, 4) is 0 Å². The van der Waals surface area contributed by atoms with Gasteiger partial charge >= 0.3 is 0 Å². The van der Waals surface area contributed by atoms with Crippen molar-refractivity contribution < 1.29 is 4.79 Å². The third-order valence-corrected chi connectivity index (χ3v) is 5.39. The van der Waals surface area contributed by atoms with E-state index in [1.807, 2.05) is 18.2 Å². The summed E-state index contributed by atoms with van der Waals surface area (Å²) in [6.07, 6.45) is 6.10. The van der Waals surface area contributed by atoms with Gasteiger partial charge in [0, 0.05) is 25.8 Å². The number of rotatable bonds is 12. The van der Waals surface area contributed by atoms with Crippen LogP contribution in [0.1, 0.15) is 49.0 Å². The highest BCUT2D eigenvalue weighted by atomic mass is 16.1. The largest absolute Gasteiger partial charge is 0.369 e. The maximum absolute atomic E-state index is 12.8. The quantitative estimate of drug-likeness (QED) is 0.453. The predicted octanol–water partition coefficient (Wildman–Crippen LogP) is 3.41. The zero-order valence-electron chi connectivity index (χ0n) is 18.9. The molecular weight excluding hydrogens is 388 g/mol. The lowest BCUT2D eigenvalue weighted by molar-refractivity contribution is 0.0954. The van der Waals surface area contributed by atoms with Gasteiger partial charge in [0.1, 0.15) is 11.4 Å². The zero-order chi connectivity index (χ0) is 21.9. The minimum absolute atomic E-state index is 0.150. The van der Waals surface area contributed by atoms with E-state index in [1.165, 1.54) is 31.5 Å². The molecule has 2 aromatic rings. The summed E-state index contributed by atoms with van der Waals surface area (Å²) in [7, 11) is 0. The Balaban J connectivity index is 1.54. The maximum atomic E-state index is 12.8. The van der Waals surface area contributed by atoms with E-state index in [9.17, 15) is 4.79 Å². The van der Waals surface area contributed by atoms with Crippen molar-refractivity contribution in [2.24, 2.45) is 5.92 Å². The molecule has 1 amide bonds. The highest BCUT2D eigenvalue weighted by molar-refractivity contribution is 5.98. The van der Waals surface area contributed by atoms with Gasteiger partial charge in [-0.15, -0.1) is 0 Å². The van der Waals surface area contributed by atoms with Crippen molar-refractivity contribution >= 4 is 17.7 Å². The fourth-order valence-electron chi connectivity index (χ4n) is 3.64. The van der Waals surface area contributed by atoms with Gasteiger partial charge in [-0.3, -0.25) is 4.79 Å². The van der Waals surface area contributed by atoms with Crippen molar-refractivity contribution in [2.75, 3.05) is 49.9 Å². The first-order chi connectivity index (χ1) is 15.1. The summed E-state index contributed by atoms with van der Waals surface area (Å²) in [4.78, 5) is 24.2. The van der Waals surface area contributed by atoms with Crippen molar-refractivity contribution in [2.45, 2.75) is 39.5 Å². The number of nitrogens with one attached hydrogen (secondary N) is 3. The molecule has 1 saturated heterocycles. The Hall–Kier alpha value is -2.67. The number of nitrogens with zero attached hydrogens (tertiary/aromatic N) is 3. The van der Waals surface area contributed by atoms with E-state index in [0.717, 1.165) is 32.5 Å². The smallest absolute Gasteiger partial charge is 0.256 e. The molecule has 0 atom stereocenters. The van der Waals surface area contributed by atoms with Crippen LogP contribution in [0.15, 0.2) is 36.5 Å². The number of hydrogen-bond acceptors (Lipinski definition) is 6. The van der Waals surface area contributed by atoms with E-state index in [0.29, 0.717) is 29.8 Å². The van der Waals surface area contributed by atoms with Crippen LogP contribution in [0.4, 0.5) is 11.8 Å². The SMILES string of the molecule is CC(C)CNc1nc(NCCCN2CCCC2)ncc1C(=O)NCCc1ccccc1. The van der Waals surface area contributed by atoms with Gasteiger partial charge in [0.2, 0.25) is 5.95 Å². The average molecular weight is 425 g/mol. The number of benzene rings is 1. The molecule has 1 aromatic heterocycles. The monoisotopic (exact) mass is 424 g/mol. The van der Waals surface area contributed by atoms with Gasteiger partial charge in [0.15, 0.2) is 0 Å². The lowest BCUT2D eigenvalue weighted by atomic mass is 10.1. The summed E-state index contributed by atoms with van der Waals surface area (Å²) in [6.45, 7) is 9.94. The fraction of sp³-hybridized carbons (Fsp3) is 0.542. The van der Waals surface area contributed by atoms with Gasteiger partial charge in [-0.25, -0.2) is 4.98 Å². The van der Waals surface area contributed by atoms with E-state index in [4.69, 9.17) is 0 Å². The minimum Gasteiger partial charge on any atom is -0.369 e. The first-order valence-corrected chi connectivity index (χ1v) is 11.5. The predicted molar refractivity (Wildman–Crippen MR) is 127 cm³/mol. The summed E-state index contributed by atoms with van der Waals surface area (Å²) >= 11 is 0. The van der Waals surface area contributed by atoms with Crippen LogP contribution < -0.4 is 16.0 Å². The molecular formula is C24H36N6O. The molecule has 0 bridgehead atoms. The molecule has 1 aliphatic heterocycles. The van der Waals surface area contributed by atoms with Gasteiger partial charge in [-0.2, -0.15) is 4.98 Å². The van der Waals surface area contributed by atoms with E-state index < -0.39 is 0 Å². The van der Waals surface area contributed by atoms with Gasteiger partial charge < -0.3 is 20.9 Å². The van der Waals surface area contributed by atoms with Crippen LogP contribution in [0.5, 0.6) is 0 Å². The molecule has 1 aliphatic rings. The topological polar surface area (TPSA) is 82.2 Å². The van der Waals surface area contributed by atoms with Crippen LogP contribution in [0.25, 0.3) is 0 Å². The van der Waals surface area contributed by atoms with E-state index in [2.05, 4.69) is 56.8 Å². The lowest BCUT2D eigenvalue weighted by Crippen LogP contribution is -2.28. The second-order valence-electron chi connectivity index (χ2n) is 8.55. The molecule has 0 aliphatic carbocycles. The highest BCUT2D eigenvalue weighted by Gasteiger charge is 2.15. The number of amides is 1. The molecule has 31 heavy (non-hydrogen) atoms. The van der Waals surface area contributed by atoms with Crippen molar-refractivity contribution in [3.05, 3.63) is 47.7 Å². The summed E-state index contributed by atoms with van der Waals surface area (Å²) in [5.74, 6) is 1.44. The number of carbonyl (C=O) groups is 1. The molecule has 2 heterocycles. The highest BCUT2D eigenvalue weighted by Crippen LogP contribution is 2.15. The van der Waals surface area contributed by atoms with Crippen molar-refractivity contribution in [1.29, 1.82) is 0 Å². The van der Waals surface area contributed by atoms with E-state index in [1.54, 1.807) is 6.20 Å². The molecule has 0 spiro atoms. The molecule has 3 rings (SSSR count). The maximum Gasteiger partial charge on any atom is 0.256 e. The molecule has 0 radical (unpaired) electrons. The summed E-state index contributed by atoms with van der Waals surface area (Å²) in [6, 6.07) is 10.1. The fourth-order valence-corrected chi connectivity index (χ4v) is 3.64. The van der Waals surface area contributed by atoms with Crippen molar-refractivity contribution in [3.63, 3.8) is 0 Å². The summed E-state index contributed by atoms with van der Waals surface area (Å²) in [5.41, 5.74) is 1.68. The van der Waals surface area contributed by atoms with Crippen LogP contribution in [-0.4, -0.2) is 60.0 Å². The Morgan fingerprint density at radius 3 is 2.61 bits per heavy atom. The van der Waals surface area contributed by atoms with E-state index >= 15 is 0 Å². The Labute approximate surface area is 186 Å². The number of anilines is 2. The lowest BCUT2D eigenvalue weighted by Gasteiger charge is -2.16. The standard InChI is InChI=1S/C24H36N6O/c1-19(2)17-27-22-21(23(31)25-13-11-20-9-4-3-5-10-20)18-28-24(29-22)26-12-8-16-30-14-6-7-15-30/h3-5,9-10,18-19H,6-8,11-17H2,1-2H3,(H,25,31)(H2,26,27,28,29). The normalized spacial score (nSPS) is 14.0. The summed E-state index contributed by atoms with van der Waals surface area (Å²) < 4.78 is 0. The molecule has 3 N–H and O–H groups in total. The zero-order valence-corrected chi connectivity index (χ0v) is 18.9.